The van der Waals surface area contributed by atoms with Crippen LogP contribution in [0.5, 0.6) is 5.75 Å². The highest BCUT2D eigenvalue weighted by atomic mass is 35.5. The van der Waals surface area contributed by atoms with Gasteiger partial charge in [-0.3, -0.25) is 14.9 Å². The number of hydrogen-bond donors (Lipinski definition) is 1. The average molecular weight is 440 g/mol. The average Bonchev–Trinajstić information content (AvgIpc) is 3.23. The molecule has 1 fully saturated rings. The molecule has 0 radical (unpaired) electrons. The molecule has 1 aliphatic rings. The Hall–Kier alpha value is -2.69. The van der Waals surface area contributed by atoms with Crippen LogP contribution in [0.1, 0.15) is 12.8 Å². The van der Waals surface area contributed by atoms with Gasteiger partial charge in [0.15, 0.2) is 6.61 Å². The minimum atomic E-state index is -3.51. The lowest BCUT2D eigenvalue weighted by molar-refractivity contribution is -0.384. The Morgan fingerprint density at radius 2 is 1.83 bits per heavy atom. The van der Waals surface area contributed by atoms with Gasteiger partial charge in [0.25, 0.3) is 11.6 Å². The van der Waals surface area contributed by atoms with Gasteiger partial charge in [0.05, 0.1) is 14.8 Å². The molecule has 0 unspecified atom stereocenters. The second-order valence-electron chi connectivity index (χ2n) is 6.34. The Kier molecular flexibility index (Phi) is 6.36. The van der Waals surface area contributed by atoms with Crippen molar-refractivity contribution < 1.29 is 22.9 Å². The molecule has 1 N–H and O–H groups in total. The third-order valence-electron chi connectivity index (χ3n) is 4.33. The van der Waals surface area contributed by atoms with E-state index in [1.807, 2.05) is 0 Å². The summed E-state index contributed by atoms with van der Waals surface area (Å²) in [6, 6.07) is 9.55. The van der Waals surface area contributed by atoms with Crippen LogP contribution in [-0.2, 0) is 14.8 Å². The van der Waals surface area contributed by atoms with E-state index >= 15 is 0 Å². The minimum Gasteiger partial charge on any atom is -0.482 e. The lowest BCUT2D eigenvalue weighted by atomic mass is 10.3. The van der Waals surface area contributed by atoms with E-state index in [2.05, 4.69) is 5.32 Å². The van der Waals surface area contributed by atoms with Crippen LogP contribution in [0.3, 0.4) is 0 Å². The summed E-state index contributed by atoms with van der Waals surface area (Å²) in [5.74, 6) is -0.353. The third-order valence-corrected chi connectivity index (χ3v) is 6.53. The van der Waals surface area contributed by atoms with Crippen molar-refractivity contribution in [3.8, 4) is 5.75 Å². The van der Waals surface area contributed by atoms with Crippen molar-refractivity contribution in [2.24, 2.45) is 0 Å². The molecule has 3 rings (SSSR count). The molecule has 29 heavy (non-hydrogen) atoms. The van der Waals surface area contributed by atoms with Gasteiger partial charge < -0.3 is 10.1 Å². The standard InChI is InChI=1S/C18H18ClN3O6S/c19-16-11-14(22(24)25)5-8-17(16)28-12-18(23)20-13-3-6-15(7-4-13)29(26,27)21-9-1-2-10-21/h3-8,11H,1-2,9-10,12H2,(H,20,23). The Bertz CT molecular complexity index is 1020. The number of amides is 1. The zero-order chi connectivity index (χ0) is 21.0. The van der Waals surface area contributed by atoms with E-state index in [1.165, 1.54) is 40.7 Å². The van der Waals surface area contributed by atoms with Gasteiger partial charge in [-0.15, -0.1) is 0 Å². The topological polar surface area (TPSA) is 119 Å². The number of nitro benzene ring substituents is 1. The molecule has 9 nitrogen and oxygen atoms in total. The Labute approximate surface area is 172 Å². The van der Waals surface area contributed by atoms with E-state index in [0.717, 1.165) is 18.9 Å². The van der Waals surface area contributed by atoms with Crippen LogP contribution >= 0.6 is 11.6 Å². The number of non-ortho nitro benzene ring substituents is 1. The number of carbonyl (C=O) groups is 1. The minimum absolute atomic E-state index is 0.0171. The lowest BCUT2D eigenvalue weighted by Gasteiger charge is -2.15. The summed E-state index contributed by atoms with van der Waals surface area (Å²) in [7, 11) is -3.51. The summed E-state index contributed by atoms with van der Waals surface area (Å²) >= 11 is 5.91. The third kappa shape index (κ3) is 5.03. The Morgan fingerprint density at radius 3 is 2.41 bits per heavy atom. The van der Waals surface area contributed by atoms with Gasteiger partial charge in [0, 0.05) is 30.9 Å². The largest absolute Gasteiger partial charge is 0.482 e. The number of ether oxygens (including phenoxy) is 1. The van der Waals surface area contributed by atoms with E-state index in [0.29, 0.717) is 18.8 Å². The van der Waals surface area contributed by atoms with Crippen LogP contribution in [0.25, 0.3) is 0 Å². The number of anilines is 1. The van der Waals surface area contributed by atoms with E-state index in [1.54, 1.807) is 0 Å². The number of carbonyl (C=O) groups excluding carboxylic acids is 1. The molecule has 2 aromatic carbocycles. The molecular weight excluding hydrogens is 422 g/mol. The van der Waals surface area contributed by atoms with Gasteiger partial charge in [-0.2, -0.15) is 4.31 Å². The predicted molar refractivity (Wildman–Crippen MR) is 107 cm³/mol. The molecule has 0 aromatic heterocycles. The molecule has 0 spiro atoms. The second kappa shape index (κ2) is 8.76. The molecule has 1 heterocycles. The molecule has 2 aromatic rings. The van der Waals surface area contributed by atoms with Crippen molar-refractivity contribution in [3.05, 3.63) is 57.6 Å². The Balaban J connectivity index is 1.58. The zero-order valence-corrected chi connectivity index (χ0v) is 16.8. The Morgan fingerprint density at radius 1 is 1.17 bits per heavy atom. The van der Waals surface area contributed by atoms with Crippen LogP contribution in [-0.4, -0.2) is 43.2 Å². The molecule has 1 aliphatic heterocycles. The first-order valence-corrected chi connectivity index (χ1v) is 10.6. The summed E-state index contributed by atoms with van der Waals surface area (Å²) < 4.78 is 31.7. The summed E-state index contributed by atoms with van der Waals surface area (Å²) in [5.41, 5.74) is 0.226. The van der Waals surface area contributed by atoms with Crippen LogP contribution in [0.2, 0.25) is 5.02 Å². The van der Waals surface area contributed by atoms with E-state index in [-0.39, 0.29) is 28.0 Å². The number of halogens is 1. The first kappa shape index (κ1) is 21.0. The summed E-state index contributed by atoms with van der Waals surface area (Å²) in [5, 5.41) is 13.3. The molecule has 0 atom stereocenters. The fourth-order valence-corrected chi connectivity index (χ4v) is 4.59. The van der Waals surface area contributed by atoms with E-state index in [4.69, 9.17) is 16.3 Å². The monoisotopic (exact) mass is 439 g/mol. The maximum atomic E-state index is 12.5. The second-order valence-corrected chi connectivity index (χ2v) is 8.69. The molecule has 154 valence electrons. The van der Waals surface area contributed by atoms with Crippen LogP contribution < -0.4 is 10.1 Å². The van der Waals surface area contributed by atoms with Gasteiger partial charge in [0.1, 0.15) is 5.75 Å². The molecule has 0 bridgehead atoms. The van der Waals surface area contributed by atoms with Gasteiger partial charge in [-0.25, -0.2) is 8.42 Å². The smallest absolute Gasteiger partial charge is 0.271 e. The highest BCUT2D eigenvalue weighted by Gasteiger charge is 2.26. The number of nitrogens with zero attached hydrogens (tertiary/aromatic N) is 2. The number of benzene rings is 2. The maximum Gasteiger partial charge on any atom is 0.271 e. The highest BCUT2D eigenvalue weighted by molar-refractivity contribution is 7.89. The first-order chi connectivity index (χ1) is 13.8. The molecule has 0 saturated carbocycles. The van der Waals surface area contributed by atoms with E-state index in [9.17, 15) is 23.3 Å². The number of hydrogen-bond acceptors (Lipinski definition) is 6. The van der Waals surface area contributed by atoms with Crippen molar-refractivity contribution in [1.29, 1.82) is 0 Å². The fourth-order valence-electron chi connectivity index (χ4n) is 2.85. The van der Waals surface area contributed by atoms with Crippen molar-refractivity contribution in [1.82, 2.24) is 4.31 Å². The molecule has 0 aliphatic carbocycles. The normalized spacial score (nSPS) is 14.5. The van der Waals surface area contributed by atoms with E-state index < -0.39 is 20.9 Å². The van der Waals surface area contributed by atoms with Crippen molar-refractivity contribution in [2.75, 3.05) is 25.0 Å². The number of rotatable bonds is 7. The maximum absolute atomic E-state index is 12.5. The summed E-state index contributed by atoms with van der Waals surface area (Å²) in [6.45, 7) is 0.665. The quantitative estimate of drug-likeness (QED) is 0.523. The van der Waals surface area contributed by atoms with Crippen LogP contribution in [0.4, 0.5) is 11.4 Å². The van der Waals surface area contributed by atoms with Gasteiger partial charge in [-0.05, 0) is 43.2 Å². The predicted octanol–water partition coefficient (Wildman–Crippen LogP) is 3.05. The van der Waals surface area contributed by atoms with Crippen LogP contribution in [0.15, 0.2) is 47.4 Å². The molecular formula is C18H18ClN3O6S. The van der Waals surface area contributed by atoms with Crippen LogP contribution in [0, 0.1) is 10.1 Å². The number of nitro groups is 1. The number of sulfonamides is 1. The fraction of sp³-hybridized carbons (Fsp3) is 0.278. The molecule has 1 amide bonds. The number of nitrogens with one attached hydrogen (secondary N) is 1. The van der Waals surface area contributed by atoms with Crippen molar-refractivity contribution in [3.63, 3.8) is 0 Å². The highest BCUT2D eigenvalue weighted by Crippen LogP contribution is 2.28. The first-order valence-electron chi connectivity index (χ1n) is 8.74. The van der Waals surface area contributed by atoms with Crippen molar-refractivity contribution >= 4 is 38.9 Å². The SMILES string of the molecule is O=C(COc1ccc([N+](=O)[O-])cc1Cl)Nc1ccc(S(=O)(=O)N2CCCC2)cc1. The zero-order valence-electron chi connectivity index (χ0n) is 15.2. The summed E-state index contributed by atoms with van der Waals surface area (Å²) in [6.07, 6.45) is 1.71. The van der Waals surface area contributed by atoms with Gasteiger partial charge >= 0.3 is 0 Å². The van der Waals surface area contributed by atoms with Crippen molar-refractivity contribution in [2.45, 2.75) is 17.7 Å². The van der Waals surface area contributed by atoms with Gasteiger partial charge in [-0.1, -0.05) is 11.6 Å². The molecule has 1 saturated heterocycles. The lowest BCUT2D eigenvalue weighted by Crippen LogP contribution is -2.27. The molecule has 11 heteroatoms. The summed E-state index contributed by atoms with van der Waals surface area (Å²) in [4.78, 5) is 22.3. The van der Waals surface area contributed by atoms with Gasteiger partial charge in [0.2, 0.25) is 10.0 Å².